The highest BCUT2D eigenvalue weighted by atomic mass is 19.1. The molecule has 144 valence electrons. The van der Waals surface area contributed by atoms with Crippen molar-refractivity contribution in [1.82, 2.24) is 0 Å². The van der Waals surface area contributed by atoms with Crippen LogP contribution in [0.15, 0.2) is 84.4 Å². The quantitative estimate of drug-likeness (QED) is 0.401. The summed E-state index contributed by atoms with van der Waals surface area (Å²) in [6.07, 6.45) is 0. The second-order valence-corrected chi connectivity index (χ2v) is 6.61. The minimum absolute atomic E-state index is 0.00285. The Labute approximate surface area is 166 Å². The van der Waals surface area contributed by atoms with Gasteiger partial charge in [-0.05, 0) is 42.0 Å². The summed E-state index contributed by atoms with van der Waals surface area (Å²) >= 11 is 0. The summed E-state index contributed by atoms with van der Waals surface area (Å²) in [6.45, 7) is 0. The van der Waals surface area contributed by atoms with Gasteiger partial charge in [0, 0.05) is 11.3 Å². The molecule has 3 aromatic carbocycles. The minimum Gasteiger partial charge on any atom is -0.508 e. The van der Waals surface area contributed by atoms with E-state index in [1.54, 1.807) is 36.4 Å². The number of carbonyl (C=O) groups excluding carboxylic acids is 2. The van der Waals surface area contributed by atoms with Gasteiger partial charge in [-0.1, -0.05) is 42.5 Å². The number of anilines is 1. The van der Waals surface area contributed by atoms with Crippen LogP contribution in [0.5, 0.6) is 5.75 Å². The number of Topliss-reactive ketones (excluding diaryl/α,β-unsaturated/α-hetero) is 1. The highest BCUT2D eigenvalue weighted by molar-refractivity contribution is 6.51. The zero-order valence-corrected chi connectivity index (χ0v) is 15.1. The molecule has 0 bridgehead atoms. The number of nitrogens with zero attached hydrogens (tertiary/aromatic N) is 1. The molecule has 2 N–H and O–H groups in total. The van der Waals surface area contributed by atoms with Gasteiger partial charge in [-0.25, -0.2) is 4.39 Å². The third-order valence-corrected chi connectivity index (χ3v) is 4.78. The lowest BCUT2D eigenvalue weighted by molar-refractivity contribution is -0.132. The van der Waals surface area contributed by atoms with Gasteiger partial charge < -0.3 is 10.2 Å². The molecule has 1 amide bonds. The predicted molar refractivity (Wildman–Crippen MR) is 106 cm³/mol. The molecule has 0 radical (unpaired) electrons. The van der Waals surface area contributed by atoms with Gasteiger partial charge in [0.05, 0.1) is 11.6 Å². The maximum Gasteiger partial charge on any atom is 0.300 e. The Morgan fingerprint density at radius 1 is 0.897 bits per heavy atom. The fraction of sp³-hybridized carbons (Fsp3) is 0.0435. The van der Waals surface area contributed by atoms with Crippen LogP contribution in [0.4, 0.5) is 10.1 Å². The first-order valence-electron chi connectivity index (χ1n) is 8.88. The fourth-order valence-corrected chi connectivity index (χ4v) is 3.46. The molecule has 1 atom stereocenters. The lowest BCUT2D eigenvalue weighted by atomic mass is 9.95. The molecule has 1 aliphatic rings. The van der Waals surface area contributed by atoms with E-state index >= 15 is 0 Å². The number of aliphatic hydroxyl groups is 1. The molecule has 6 heteroatoms. The molecule has 5 nitrogen and oxygen atoms in total. The maximum absolute atomic E-state index is 13.9. The van der Waals surface area contributed by atoms with Crippen LogP contribution in [-0.2, 0) is 9.59 Å². The van der Waals surface area contributed by atoms with E-state index < -0.39 is 23.5 Å². The van der Waals surface area contributed by atoms with E-state index in [1.807, 2.05) is 0 Å². The lowest BCUT2D eigenvalue weighted by Gasteiger charge is -2.25. The van der Waals surface area contributed by atoms with Crippen molar-refractivity contribution < 1.29 is 24.2 Å². The van der Waals surface area contributed by atoms with Gasteiger partial charge in [0.2, 0.25) is 0 Å². The number of rotatable bonds is 3. The zero-order valence-electron chi connectivity index (χ0n) is 15.1. The number of hydrogen-bond donors (Lipinski definition) is 2. The van der Waals surface area contributed by atoms with Crippen LogP contribution in [0.1, 0.15) is 17.2 Å². The minimum atomic E-state index is -1.02. The smallest absolute Gasteiger partial charge is 0.300 e. The van der Waals surface area contributed by atoms with Crippen molar-refractivity contribution in [3.05, 3.63) is 101 Å². The monoisotopic (exact) mass is 389 g/mol. The van der Waals surface area contributed by atoms with Crippen molar-refractivity contribution in [1.29, 1.82) is 0 Å². The van der Waals surface area contributed by atoms with Crippen molar-refractivity contribution in [2.24, 2.45) is 0 Å². The second-order valence-electron chi connectivity index (χ2n) is 6.61. The van der Waals surface area contributed by atoms with E-state index in [9.17, 15) is 24.2 Å². The van der Waals surface area contributed by atoms with Gasteiger partial charge >= 0.3 is 0 Å². The standard InChI is InChI=1S/C23H16FNO4/c24-16-8-4-7-15(13-16)20-19(21(27)14-5-2-1-3-6-14)22(28)23(29)25(20)17-9-11-18(26)12-10-17/h1-13,20,26-27H/t20-/m0/s1. The molecule has 0 aliphatic carbocycles. The second kappa shape index (κ2) is 7.24. The van der Waals surface area contributed by atoms with E-state index in [4.69, 9.17) is 0 Å². The normalized spacial score (nSPS) is 18.2. The summed E-state index contributed by atoms with van der Waals surface area (Å²) < 4.78 is 13.9. The van der Waals surface area contributed by atoms with Crippen LogP contribution >= 0.6 is 0 Å². The Bertz CT molecular complexity index is 1120. The number of phenolic OH excluding ortho intramolecular Hbond substituents is 1. The summed E-state index contributed by atoms with van der Waals surface area (Å²) in [4.78, 5) is 27.0. The number of benzene rings is 3. The number of aromatic hydroxyl groups is 1. The molecule has 0 aromatic heterocycles. The number of hydrogen-bond acceptors (Lipinski definition) is 4. The first kappa shape index (κ1) is 18.4. The molecule has 0 unspecified atom stereocenters. The van der Waals surface area contributed by atoms with Gasteiger partial charge in [-0.3, -0.25) is 14.5 Å². The van der Waals surface area contributed by atoms with Gasteiger partial charge in [-0.2, -0.15) is 0 Å². The van der Waals surface area contributed by atoms with E-state index in [0.29, 0.717) is 16.8 Å². The van der Waals surface area contributed by atoms with Crippen LogP contribution < -0.4 is 4.90 Å². The first-order valence-corrected chi connectivity index (χ1v) is 8.88. The summed E-state index contributed by atoms with van der Waals surface area (Å²) in [5.74, 6) is -2.58. The van der Waals surface area contributed by atoms with Crippen molar-refractivity contribution in [2.45, 2.75) is 6.04 Å². The number of amides is 1. The Kier molecular flexibility index (Phi) is 4.60. The molecule has 29 heavy (non-hydrogen) atoms. The lowest BCUT2D eigenvalue weighted by Crippen LogP contribution is -2.29. The third-order valence-electron chi connectivity index (χ3n) is 4.78. The van der Waals surface area contributed by atoms with Crippen molar-refractivity contribution in [3.63, 3.8) is 0 Å². The number of ketones is 1. The van der Waals surface area contributed by atoms with Gasteiger partial charge in [0.25, 0.3) is 11.7 Å². The Morgan fingerprint density at radius 3 is 2.24 bits per heavy atom. The van der Waals surface area contributed by atoms with Crippen LogP contribution in [0.25, 0.3) is 5.76 Å². The molecule has 4 rings (SSSR count). The molecular formula is C23H16FNO4. The Balaban J connectivity index is 1.96. The van der Waals surface area contributed by atoms with Crippen LogP contribution in [0.3, 0.4) is 0 Å². The van der Waals surface area contributed by atoms with Crippen molar-refractivity contribution in [2.75, 3.05) is 4.90 Å². The van der Waals surface area contributed by atoms with Gasteiger partial charge in [0.15, 0.2) is 0 Å². The topological polar surface area (TPSA) is 77.8 Å². The molecule has 1 fully saturated rings. The van der Waals surface area contributed by atoms with E-state index in [-0.39, 0.29) is 17.1 Å². The number of aliphatic hydroxyl groups excluding tert-OH is 1. The van der Waals surface area contributed by atoms with Crippen molar-refractivity contribution >= 4 is 23.1 Å². The van der Waals surface area contributed by atoms with Crippen LogP contribution in [0, 0.1) is 5.82 Å². The average molecular weight is 389 g/mol. The molecular weight excluding hydrogens is 373 g/mol. The Morgan fingerprint density at radius 2 is 1.59 bits per heavy atom. The molecule has 1 saturated heterocycles. The molecule has 1 heterocycles. The molecule has 0 spiro atoms. The first-order chi connectivity index (χ1) is 14.0. The van der Waals surface area contributed by atoms with Crippen molar-refractivity contribution in [3.8, 4) is 5.75 Å². The molecule has 0 saturated carbocycles. The number of halogens is 1. The highest BCUT2D eigenvalue weighted by Gasteiger charge is 2.47. The summed E-state index contributed by atoms with van der Waals surface area (Å²) in [6, 6.07) is 18.6. The number of phenols is 1. The van der Waals surface area contributed by atoms with Gasteiger partial charge in [-0.15, -0.1) is 0 Å². The Hall–Kier alpha value is -3.93. The van der Waals surface area contributed by atoms with E-state index in [0.717, 1.165) is 0 Å². The van der Waals surface area contributed by atoms with Gasteiger partial charge in [0.1, 0.15) is 17.3 Å². The average Bonchev–Trinajstić information content (AvgIpc) is 3.00. The SMILES string of the molecule is O=C1C(=O)N(c2ccc(O)cc2)[C@@H](c2cccc(F)c2)C1=C(O)c1ccccc1. The highest BCUT2D eigenvalue weighted by Crippen LogP contribution is 2.42. The third kappa shape index (κ3) is 3.25. The molecule has 1 aliphatic heterocycles. The van der Waals surface area contributed by atoms with Crippen LogP contribution in [-0.4, -0.2) is 21.9 Å². The summed E-state index contributed by atoms with van der Waals surface area (Å²) in [7, 11) is 0. The zero-order chi connectivity index (χ0) is 20.5. The van der Waals surface area contributed by atoms with Crippen LogP contribution in [0.2, 0.25) is 0 Å². The molecule has 3 aromatic rings. The largest absolute Gasteiger partial charge is 0.508 e. The van der Waals surface area contributed by atoms with E-state index in [1.165, 1.54) is 47.4 Å². The maximum atomic E-state index is 13.9. The summed E-state index contributed by atoms with van der Waals surface area (Å²) in [5, 5.41) is 20.4. The predicted octanol–water partition coefficient (Wildman–Crippen LogP) is 4.16. The van der Waals surface area contributed by atoms with E-state index in [2.05, 4.69) is 0 Å². The fourth-order valence-electron chi connectivity index (χ4n) is 3.46. The number of carbonyl (C=O) groups is 2. The summed E-state index contributed by atoms with van der Waals surface area (Å²) in [5.41, 5.74) is 0.929.